The van der Waals surface area contributed by atoms with Gasteiger partial charge in [0, 0.05) is 55.1 Å². The zero-order valence-corrected chi connectivity index (χ0v) is 15.6. The number of methoxy groups -OCH3 is 2. The Morgan fingerprint density at radius 3 is 2.23 bits per heavy atom. The van der Waals surface area contributed by atoms with Crippen LogP contribution in [-0.4, -0.2) is 51.6 Å². The van der Waals surface area contributed by atoms with Gasteiger partial charge in [-0.25, -0.2) is 0 Å². The molecule has 5 heteroatoms. The number of nitrogens with zero attached hydrogens (tertiary/aromatic N) is 2. The van der Waals surface area contributed by atoms with Gasteiger partial charge in [0.1, 0.15) is 17.8 Å². The van der Waals surface area contributed by atoms with Gasteiger partial charge in [-0.15, -0.1) is 0 Å². The number of carbonyl (C=O) groups excluding carboxylic acids is 1. The van der Waals surface area contributed by atoms with Crippen LogP contribution in [0.15, 0.2) is 42.5 Å². The molecule has 1 atom stereocenters. The van der Waals surface area contributed by atoms with Crippen LogP contribution in [0.2, 0.25) is 0 Å². The van der Waals surface area contributed by atoms with Crippen molar-refractivity contribution in [3.63, 3.8) is 0 Å². The Balaban J connectivity index is 1.66. The first kappa shape index (κ1) is 18.3. The van der Waals surface area contributed by atoms with E-state index in [4.69, 9.17) is 9.47 Å². The van der Waals surface area contributed by atoms with Crippen LogP contribution in [0.5, 0.6) is 11.5 Å². The zero-order valence-electron chi connectivity index (χ0n) is 15.6. The third-order valence-corrected chi connectivity index (χ3v) is 5.15. The zero-order chi connectivity index (χ0) is 18.5. The molecular formula is C21H26N2O3. The molecule has 0 radical (unpaired) electrons. The molecule has 0 unspecified atom stereocenters. The van der Waals surface area contributed by atoms with E-state index in [9.17, 15) is 4.79 Å². The molecule has 3 rings (SSSR count). The molecule has 1 aliphatic heterocycles. The molecule has 0 amide bonds. The van der Waals surface area contributed by atoms with Gasteiger partial charge in [0.25, 0.3) is 0 Å². The minimum absolute atomic E-state index is 0.274. The molecule has 1 heterocycles. The van der Waals surface area contributed by atoms with Gasteiger partial charge >= 0.3 is 0 Å². The summed E-state index contributed by atoms with van der Waals surface area (Å²) in [5.74, 6) is 1.67. The average Bonchev–Trinajstić information content (AvgIpc) is 2.73. The third-order valence-electron chi connectivity index (χ3n) is 5.15. The molecule has 0 spiro atoms. The number of benzene rings is 2. The molecule has 0 aliphatic carbocycles. The number of hydrogen-bond donors (Lipinski definition) is 0. The second-order valence-electron chi connectivity index (χ2n) is 6.52. The molecule has 2 aromatic rings. The first-order valence-corrected chi connectivity index (χ1v) is 8.92. The quantitative estimate of drug-likeness (QED) is 0.744. The highest BCUT2D eigenvalue weighted by Gasteiger charge is 2.24. The lowest BCUT2D eigenvalue weighted by atomic mass is 10.0. The van der Waals surface area contributed by atoms with Crippen LogP contribution >= 0.6 is 0 Å². The summed E-state index contributed by atoms with van der Waals surface area (Å²) in [6.07, 6.45) is 0.881. The maximum absolute atomic E-state index is 10.8. The normalized spacial score (nSPS) is 16.2. The van der Waals surface area contributed by atoms with Crippen molar-refractivity contribution in [1.82, 2.24) is 4.90 Å². The Kier molecular flexibility index (Phi) is 5.78. The number of ether oxygens (including phenoxy) is 2. The van der Waals surface area contributed by atoms with Gasteiger partial charge < -0.3 is 14.4 Å². The van der Waals surface area contributed by atoms with Crippen molar-refractivity contribution in [2.24, 2.45) is 0 Å². The van der Waals surface area contributed by atoms with E-state index in [2.05, 4.69) is 22.8 Å². The summed E-state index contributed by atoms with van der Waals surface area (Å²) in [5.41, 5.74) is 3.06. The second kappa shape index (κ2) is 8.23. The topological polar surface area (TPSA) is 42.0 Å². The van der Waals surface area contributed by atoms with Gasteiger partial charge in [0.15, 0.2) is 0 Å². The van der Waals surface area contributed by atoms with Crippen LogP contribution in [0.1, 0.15) is 28.9 Å². The Morgan fingerprint density at radius 1 is 0.962 bits per heavy atom. The van der Waals surface area contributed by atoms with Gasteiger partial charge in [0.2, 0.25) is 0 Å². The maximum Gasteiger partial charge on any atom is 0.150 e. The predicted octanol–water partition coefficient (Wildman–Crippen LogP) is 3.40. The summed E-state index contributed by atoms with van der Waals surface area (Å²) in [7, 11) is 3.37. The van der Waals surface area contributed by atoms with Crippen molar-refractivity contribution in [1.29, 1.82) is 0 Å². The largest absolute Gasteiger partial charge is 0.497 e. The SMILES string of the molecule is COc1ccc([C@H](C)N2CCN(c3ccc(C=O)cc3)CC2)c(OC)c1. The van der Waals surface area contributed by atoms with Crippen molar-refractivity contribution in [2.45, 2.75) is 13.0 Å². The highest BCUT2D eigenvalue weighted by Crippen LogP contribution is 2.33. The van der Waals surface area contributed by atoms with Crippen LogP contribution < -0.4 is 14.4 Å². The van der Waals surface area contributed by atoms with Crippen molar-refractivity contribution >= 4 is 12.0 Å². The monoisotopic (exact) mass is 354 g/mol. The highest BCUT2D eigenvalue weighted by atomic mass is 16.5. The van der Waals surface area contributed by atoms with Gasteiger partial charge in [-0.2, -0.15) is 0 Å². The molecule has 138 valence electrons. The first-order chi connectivity index (χ1) is 12.7. The molecule has 5 nitrogen and oxygen atoms in total. The van der Waals surface area contributed by atoms with Crippen LogP contribution in [0.25, 0.3) is 0 Å². The van der Waals surface area contributed by atoms with E-state index in [0.717, 1.165) is 44.0 Å². The van der Waals surface area contributed by atoms with Gasteiger partial charge in [-0.05, 0) is 37.3 Å². The molecule has 0 bridgehead atoms. The van der Waals surface area contributed by atoms with E-state index in [0.29, 0.717) is 5.56 Å². The molecule has 1 fully saturated rings. The van der Waals surface area contributed by atoms with Crippen molar-refractivity contribution in [3.8, 4) is 11.5 Å². The molecule has 26 heavy (non-hydrogen) atoms. The summed E-state index contributed by atoms with van der Waals surface area (Å²) in [4.78, 5) is 15.6. The first-order valence-electron chi connectivity index (χ1n) is 8.92. The molecule has 1 aliphatic rings. The van der Waals surface area contributed by atoms with Crippen LogP contribution in [0, 0.1) is 0 Å². The average molecular weight is 354 g/mol. The minimum Gasteiger partial charge on any atom is -0.497 e. The fraction of sp³-hybridized carbons (Fsp3) is 0.381. The smallest absolute Gasteiger partial charge is 0.150 e. The number of piperazine rings is 1. The number of aldehydes is 1. The summed E-state index contributed by atoms with van der Waals surface area (Å²) in [6, 6.07) is 14.1. The molecule has 0 N–H and O–H groups in total. The number of rotatable bonds is 6. The number of hydrogen-bond acceptors (Lipinski definition) is 5. The molecule has 0 saturated carbocycles. The van der Waals surface area contributed by atoms with Crippen molar-refractivity contribution < 1.29 is 14.3 Å². The highest BCUT2D eigenvalue weighted by molar-refractivity contribution is 5.75. The Bertz CT molecular complexity index is 737. The lowest BCUT2D eigenvalue weighted by Crippen LogP contribution is -2.47. The van der Waals surface area contributed by atoms with Crippen molar-refractivity contribution in [2.75, 3.05) is 45.3 Å². The van der Waals surface area contributed by atoms with Gasteiger partial charge in [0.05, 0.1) is 14.2 Å². The van der Waals surface area contributed by atoms with Crippen LogP contribution in [-0.2, 0) is 0 Å². The molecule has 2 aromatic carbocycles. The van der Waals surface area contributed by atoms with E-state index in [1.165, 1.54) is 11.3 Å². The summed E-state index contributed by atoms with van der Waals surface area (Å²) < 4.78 is 10.9. The lowest BCUT2D eigenvalue weighted by molar-refractivity contribution is 0.112. The number of anilines is 1. The third kappa shape index (κ3) is 3.83. The standard InChI is InChI=1S/C21H26N2O3/c1-16(20-9-8-19(25-2)14-21(20)26-3)22-10-12-23(13-11-22)18-6-4-17(15-24)5-7-18/h4-9,14-16H,10-13H2,1-3H3/t16-/m0/s1. The van der Waals surface area contributed by atoms with E-state index in [-0.39, 0.29) is 6.04 Å². The second-order valence-corrected chi connectivity index (χ2v) is 6.52. The maximum atomic E-state index is 10.8. The fourth-order valence-corrected chi connectivity index (χ4v) is 3.49. The van der Waals surface area contributed by atoms with Crippen molar-refractivity contribution in [3.05, 3.63) is 53.6 Å². The Hall–Kier alpha value is -2.53. The van der Waals surface area contributed by atoms with Gasteiger partial charge in [-0.1, -0.05) is 6.07 Å². The lowest BCUT2D eigenvalue weighted by Gasteiger charge is -2.39. The Morgan fingerprint density at radius 2 is 1.65 bits per heavy atom. The predicted molar refractivity (Wildman–Crippen MR) is 104 cm³/mol. The molecular weight excluding hydrogens is 328 g/mol. The summed E-state index contributed by atoms with van der Waals surface area (Å²) in [6.45, 7) is 6.10. The molecule has 0 aromatic heterocycles. The van der Waals surface area contributed by atoms with Gasteiger partial charge in [-0.3, -0.25) is 9.69 Å². The number of carbonyl (C=O) groups is 1. The Labute approximate surface area is 155 Å². The van der Waals surface area contributed by atoms with E-state index >= 15 is 0 Å². The fourth-order valence-electron chi connectivity index (χ4n) is 3.49. The summed E-state index contributed by atoms with van der Waals surface area (Å²) in [5, 5.41) is 0. The van der Waals surface area contributed by atoms with Crippen LogP contribution in [0.3, 0.4) is 0 Å². The van der Waals surface area contributed by atoms with E-state index in [1.807, 2.05) is 36.4 Å². The summed E-state index contributed by atoms with van der Waals surface area (Å²) >= 11 is 0. The van der Waals surface area contributed by atoms with E-state index < -0.39 is 0 Å². The minimum atomic E-state index is 0.274. The van der Waals surface area contributed by atoms with E-state index in [1.54, 1.807) is 14.2 Å². The molecule has 1 saturated heterocycles. The van der Waals surface area contributed by atoms with Crippen LogP contribution in [0.4, 0.5) is 5.69 Å².